The number of nitro groups is 1. The van der Waals surface area contributed by atoms with Gasteiger partial charge in [-0.2, -0.15) is 0 Å². The molecular weight excluding hydrogens is 456 g/mol. The first-order valence-electron chi connectivity index (χ1n) is 12.3. The summed E-state index contributed by atoms with van der Waals surface area (Å²) < 4.78 is 0. The molecule has 2 N–H and O–H groups in total. The largest absolute Gasteiger partial charge is 0.350 e. The van der Waals surface area contributed by atoms with Crippen LogP contribution in [0.4, 0.5) is 5.69 Å². The zero-order valence-corrected chi connectivity index (χ0v) is 20.6. The third-order valence-corrected chi connectivity index (χ3v) is 6.51. The lowest BCUT2D eigenvalue weighted by atomic mass is 10.0. The average molecular weight is 489 g/mol. The van der Waals surface area contributed by atoms with Crippen LogP contribution in [0.5, 0.6) is 0 Å². The molecule has 188 valence electrons. The lowest BCUT2D eigenvalue weighted by molar-refractivity contribution is -0.384. The molecule has 1 saturated heterocycles. The van der Waals surface area contributed by atoms with Gasteiger partial charge >= 0.3 is 0 Å². The molecule has 0 radical (unpaired) electrons. The predicted octanol–water partition coefficient (Wildman–Crippen LogP) is 4.28. The number of nitro benzene ring substituents is 1. The van der Waals surface area contributed by atoms with Crippen LogP contribution in [0.25, 0.3) is 10.8 Å². The third-order valence-electron chi connectivity index (χ3n) is 6.51. The minimum absolute atomic E-state index is 0.0113. The van der Waals surface area contributed by atoms with Gasteiger partial charge in [-0.05, 0) is 47.2 Å². The van der Waals surface area contributed by atoms with Gasteiger partial charge in [0.15, 0.2) is 0 Å². The summed E-state index contributed by atoms with van der Waals surface area (Å²) in [6.45, 7) is 6.24. The Bertz CT molecular complexity index is 1240. The highest BCUT2D eigenvalue weighted by Gasteiger charge is 2.28. The predicted molar refractivity (Wildman–Crippen MR) is 140 cm³/mol. The Morgan fingerprint density at radius 3 is 2.47 bits per heavy atom. The molecule has 0 saturated carbocycles. The van der Waals surface area contributed by atoms with Crippen molar-refractivity contribution in [2.24, 2.45) is 5.92 Å². The van der Waals surface area contributed by atoms with Crippen LogP contribution in [0, 0.1) is 16.0 Å². The summed E-state index contributed by atoms with van der Waals surface area (Å²) in [5.74, 6) is -0.187. The fourth-order valence-electron chi connectivity index (χ4n) is 4.65. The number of likely N-dealkylation sites (tertiary alicyclic amines) is 1. The molecule has 8 heteroatoms. The Morgan fingerprint density at radius 1 is 1.06 bits per heavy atom. The molecule has 0 aliphatic carbocycles. The second-order valence-electron chi connectivity index (χ2n) is 9.87. The molecule has 8 nitrogen and oxygen atoms in total. The lowest BCUT2D eigenvalue weighted by Gasteiger charge is -2.23. The number of benzene rings is 3. The van der Waals surface area contributed by atoms with Gasteiger partial charge in [-0.15, -0.1) is 0 Å². The van der Waals surface area contributed by atoms with Crippen molar-refractivity contribution in [3.63, 3.8) is 0 Å². The number of non-ortho nitro benzene ring substituents is 1. The Hall–Kier alpha value is -3.78. The minimum atomic E-state index is -0.618. The van der Waals surface area contributed by atoms with E-state index in [1.807, 2.05) is 50.2 Å². The van der Waals surface area contributed by atoms with Crippen LogP contribution in [-0.4, -0.2) is 46.8 Å². The monoisotopic (exact) mass is 488 g/mol. The number of nitrogens with one attached hydrogen (secondary N) is 2. The van der Waals surface area contributed by atoms with E-state index in [2.05, 4.69) is 15.5 Å². The van der Waals surface area contributed by atoms with Crippen LogP contribution >= 0.6 is 0 Å². The first kappa shape index (κ1) is 25.3. The molecule has 1 heterocycles. The lowest BCUT2D eigenvalue weighted by Crippen LogP contribution is -2.50. The molecule has 2 atom stereocenters. The van der Waals surface area contributed by atoms with Crippen LogP contribution in [0.2, 0.25) is 0 Å². The van der Waals surface area contributed by atoms with Gasteiger partial charge in [-0.25, -0.2) is 0 Å². The number of amides is 2. The van der Waals surface area contributed by atoms with E-state index in [9.17, 15) is 19.7 Å². The molecule has 1 fully saturated rings. The van der Waals surface area contributed by atoms with Gasteiger partial charge in [-0.1, -0.05) is 56.3 Å². The van der Waals surface area contributed by atoms with Gasteiger partial charge < -0.3 is 10.6 Å². The van der Waals surface area contributed by atoms with Crippen molar-refractivity contribution in [2.75, 3.05) is 13.1 Å². The normalized spacial score (nSPS) is 16.7. The van der Waals surface area contributed by atoms with E-state index >= 15 is 0 Å². The summed E-state index contributed by atoms with van der Waals surface area (Å²) in [4.78, 5) is 38.8. The fourth-order valence-corrected chi connectivity index (χ4v) is 4.65. The number of carbonyl (C=O) groups excluding carboxylic acids is 2. The van der Waals surface area contributed by atoms with Gasteiger partial charge in [0.1, 0.15) is 6.04 Å². The van der Waals surface area contributed by atoms with Crippen LogP contribution in [0.15, 0.2) is 66.7 Å². The number of rotatable bonds is 9. The summed E-state index contributed by atoms with van der Waals surface area (Å²) in [6, 6.07) is 19.3. The van der Waals surface area contributed by atoms with Crippen LogP contribution < -0.4 is 10.6 Å². The van der Waals surface area contributed by atoms with Crippen molar-refractivity contribution in [2.45, 2.75) is 45.3 Å². The van der Waals surface area contributed by atoms with Crippen molar-refractivity contribution in [3.05, 3.63) is 88.0 Å². The highest BCUT2D eigenvalue weighted by Crippen LogP contribution is 2.18. The maximum absolute atomic E-state index is 13.2. The highest BCUT2D eigenvalue weighted by molar-refractivity contribution is 6.00. The minimum Gasteiger partial charge on any atom is -0.350 e. The number of fused-ring (bicyclic) bond motifs is 1. The summed E-state index contributed by atoms with van der Waals surface area (Å²) in [7, 11) is 0. The van der Waals surface area contributed by atoms with Gasteiger partial charge in [0.25, 0.3) is 11.6 Å². The zero-order chi connectivity index (χ0) is 25.7. The molecule has 1 aliphatic rings. The molecule has 3 aromatic carbocycles. The van der Waals surface area contributed by atoms with E-state index in [1.54, 1.807) is 18.2 Å². The van der Waals surface area contributed by atoms with E-state index in [1.165, 1.54) is 12.1 Å². The molecule has 2 amide bonds. The second-order valence-corrected chi connectivity index (χ2v) is 9.87. The zero-order valence-electron chi connectivity index (χ0n) is 20.6. The fraction of sp³-hybridized carbons (Fsp3) is 0.357. The van der Waals surface area contributed by atoms with Gasteiger partial charge in [0, 0.05) is 43.4 Å². The van der Waals surface area contributed by atoms with E-state index in [0.29, 0.717) is 25.1 Å². The number of carbonyl (C=O) groups is 2. The average Bonchev–Trinajstić information content (AvgIpc) is 3.29. The Kier molecular flexibility index (Phi) is 7.95. The summed E-state index contributed by atoms with van der Waals surface area (Å²) in [6.07, 6.45) is 1.36. The smallest absolute Gasteiger partial charge is 0.269 e. The first-order valence-corrected chi connectivity index (χ1v) is 12.3. The quantitative estimate of drug-likeness (QED) is 0.346. The molecule has 0 aromatic heterocycles. The summed E-state index contributed by atoms with van der Waals surface area (Å²) in [5.41, 5.74) is 1.60. The second kappa shape index (κ2) is 11.3. The van der Waals surface area contributed by atoms with E-state index < -0.39 is 11.0 Å². The van der Waals surface area contributed by atoms with Gasteiger partial charge in [0.05, 0.1) is 4.92 Å². The standard InChI is InChI=1S/C28H32N4O4/c1-19(2)15-26(30-27(33)23-10-9-21-5-3-4-6-22(21)16-23)28(34)29-24-13-14-31(18-24)17-20-7-11-25(12-8-20)32(35)36/h3-12,16,19,24,26H,13-15,17-18H2,1-2H3,(H,29,34)(H,30,33)/t24-,26-/m0/s1. The molecule has 4 rings (SSSR count). The molecule has 0 unspecified atom stereocenters. The van der Waals surface area contributed by atoms with E-state index in [-0.39, 0.29) is 29.5 Å². The Balaban J connectivity index is 1.35. The van der Waals surface area contributed by atoms with E-state index in [4.69, 9.17) is 0 Å². The Morgan fingerprint density at radius 2 is 1.78 bits per heavy atom. The molecule has 1 aliphatic heterocycles. The summed E-state index contributed by atoms with van der Waals surface area (Å²) >= 11 is 0. The number of nitrogens with zero attached hydrogens (tertiary/aromatic N) is 2. The van der Waals surface area contributed by atoms with Crippen LogP contribution in [0.1, 0.15) is 42.6 Å². The van der Waals surface area contributed by atoms with Crippen molar-refractivity contribution < 1.29 is 14.5 Å². The van der Waals surface area contributed by atoms with Crippen LogP contribution in [-0.2, 0) is 11.3 Å². The SMILES string of the molecule is CC(C)C[C@H](NC(=O)c1ccc2ccccc2c1)C(=O)N[C@H]1CCN(Cc2ccc([N+](=O)[O-])cc2)C1. The number of hydrogen-bond donors (Lipinski definition) is 2. The van der Waals surface area contributed by atoms with E-state index in [0.717, 1.165) is 29.3 Å². The maximum atomic E-state index is 13.2. The Labute approximate surface area is 210 Å². The van der Waals surface area contributed by atoms with Crippen molar-refractivity contribution in [1.82, 2.24) is 15.5 Å². The molecule has 0 spiro atoms. The topological polar surface area (TPSA) is 105 Å². The van der Waals surface area contributed by atoms with Gasteiger partial charge in [0.2, 0.25) is 5.91 Å². The van der Waals surface area contributed by atoms with Crippen molar-refractivity contribution in [1.29, 1.82) is 0 Å². The van der Waals surface area contributed by atoms with Crippen LogP contribution in [0.3, 0.4) is 0 Å². The van der Waals surface area contributed by atoms with Crippen molar-refractivity contribution >= 4 is 28.3 Å². The molecule has 3 aromatic rings. The summed E-state index contributed by atoms with van der Waals surface area (Å²) in [5, 5.41) is 19.0. The maximum Gasteiger partial charge on any atom is 0.269 e. The molecule has 0 bridgehead atoms. The third kappa shape index (κ3) is 6.46. The molecular formula is C28H32N4O4. The van der Waals surface area contributed by atoms with Crippen molar-refractivity contribution in [3.8, 4) is 0 Å². The number of hydrogen-bond acceptors (Lipinski definition) is 5. The van der Waals surface area contributed by atoms with Gasteiger partial charge in [-0.3, -0.25) is 24.6 Å². The first-order chi connectivity index (χ1) is 17.3. The molecule has 36 heavy (non-hydrogen) atoms. The highest BCUT2D eigenvalue weighted by atomic mass is 16.6.